The standard InChI is InChI=1S/C39H75NO10/c1-3-4-5-6-7-8-9-10-11-14-17-20-23-31(42)34(44)30(27-49-38-37(47)36(46)35(45)32(26-41)50-38)40-33(43)24-21-18-15-12-13-16-19-22-25-39(2)28-48-29-39/h30-32,34-38,41-42,44-47H,3-29H2,1-2H3,(H,40,43)/t30-,31+,32?,34-,35?,36?,37?,38?/m0/s1. The number of ether oxygens (including phenoxy) is 3. The smallest absolute Gasteiger partial charge is 0.220 e. The van der Waals surface area contributed by atoms with Gasteiger partial charge >= 0.3 is 0 Å². The number of rotatable bonds is 31. The molecule has 2 rings (SSSR count). The summed E-state index contributed by atoms with van der Waals surface area (Å²) in [5.74, 6) is -0.266. The molecule has 2 saturated heterocycles. The molecule has 7 N–H and O–H groups in total. The predicted octanol–water partition coefficient (Wildman–Crippen LogP) is 5.04. The molecule has 0 aromatic heterocycles. The van der Waals surface area contributed by atoms with Gasteiger partial charge in [-0.1, -0.05) is 136 Å². The maximum atomic E-state index is 12.9. The topological polar surface area (TPSA) is 178 Å². The van der Waals surface area contributed by atoms with Crippen LogP contribution in [0.3, 0.4) is 0 Å². The lowest BCUT2D eigenvalue weighted by molar-refractivity contribution is -0.303. The van der Waals surface area contributed by atoms with Crippen LogP contribution in [0.4, 0.5) is 0 Å². The first kappa shape index (κ1) is 45.3. The van der Waals surface area contributed by atoms with E-state index < -0.39 is 55.6 Å². The van der Waals surface area contributed by atoms with Crippen molar-refractivity contribution in [3.05, 3.63) is 0 Å². The predicted molar refractivity (Wildman–Crippen MR) is 194 cm³/mol. The minimum atomic E-state index is -1.61. The third-order valence-electron chi connectivity index (χ3n) is 10.6. The average molecular weight is 718 g/mol. The van der Waals surface area contributed by atoms with E-state index in [1.54, 1.807) is 0 Å². The fourth-order valence-electron chi connectivity index (χ4n) is 7.03. The van der Waals surface area contributed by atoms with Gasteiger partial charge in [-0.2, -0.15) is 0 Å². The summed E-state index contributed by atoms with van der Waals surface area (Å²) in [5.41, 5.74) is 0.395. The number of carbonyl (C=O) groups is 1. The third kappa shape index (κ3) is 18.2. The molecule has 0 aliphatic carbocycles. The Balaban J connectivity index is 1.72. The second kappa shape index (κ2) is 26.8. The molecule has 2 fully saturated rings. The largest absolute Gasteiger partial charge is 0.394 e. The minimum Gasteiger partial charge on any atom is -0.394 e. The lowest BCUT2D eigenvalue weighted by Gasteiger charge is -2.40. The Hall–Kier alpha value is -0.890. The van der Waals surface area contributed by atoms with Crippen molar-refractivity contribution in [3.63, 3.8) is 0 Å². The van der Waals surface area contributed by atoms with Crippen molar-refractivity contribution < 1.29 is 49.6 Å². The van der Waals surface area contributed by atoms with E-state index in [9.17, 15) is 35.4 Å². The summed E-state index contributed by atoms with van der Waals surface area (Å²) in [6, 6.07) is -0.990. The Labute approximate surface area is 302 Å². The van der Waals surface area contributed by atoms with E-state index in [0.717, 1.165) is 58.2 Å². The molecular weight excluding hydrogens is 642 g/mol. The van der Waals surface area contributed by atoms with Crippen molar-refractivity contribution in [2.24, 2.45) is 5.41 Å². The van der Waals surface area contributed by atoms with Crippen LogP contribution in [0.15, 0.2) is 0 Å². The number of amides is 1. The van der Waals surface area contributed by atoms with E-state index in [2.05, 4.69) is 19.2 Å². The van der Waals surface area contributed by atoms with Crippen LogP contribution in [0.1, 0.15) is 162 Å². The number of aliphatic hydroxyl groups excluding tert-OH is 6. The highest BCUT2D eigenvalue weighted by atomic mass is 16.7. The van der Waals surface area contributed by atoms with Gasteiger partial charge in [-0.3, -0.25) is 4.79 Å². The second-order valence-electron chi connectivity index (χ2n) is 15.6. The average Bonchev–Trinajstić information content (AvgIpc) is 3.09. The van der Waals surface area contributed by atoms with Crippen LogP contribution in [0.2, 0.25) is 0 Å². The zero-order valence-electron chi connectivity index (χ0n) is 31.5. The second-order valence-corrected chi connectivity index (χ2v) is 15.6. The van der Waals surface area contributed by atoms with Gasteiger partial charge < -0.3 is 50.2 Å². The Morgan fingerprint density at radius 2 is 1.28 bits per heavy atom. The van der Waals surface area contributed by atoms with Gasteiger partial charge in [0.25, 0.3) is 0 Å². The highest BCUT2D eigenvalue weighted by Crippen LogP contribution is 2.32. The quantitative estimate of drug-likeness (QED) is 0.0481. The zero-order chi connectivity index (χ0) is 36.6. The lowest BCUT2D eigenvalue weighted by Crippen LogP contribution is -2.60. The van der Waals surface area contributed by atoms with Crippen molar-refractivity contribution >= 4 is 5.91 Å². The first-order valence-corrected chi connectivity index (χ1v) is 20.3. The van der Waals surface area contributed by atoms with Gasteiger partial charge in [0.1, 0.15) is 30.5 Å². The molecule has 0 spiro atoms. The Kier molecular flexibility index (Phi) is 24.3. The Bertz CT molecular complexity index is 844. The van der Waals surface area contributed by atoms with E-state index in [1.807, 2.05) is 0 Å². The number of aliphatic hydroxyl groups is 6. The first-order chi connectivity index (χ1) is 24.1. The summed E-state index contributed by atoms with van der Waals surface area (Å²) >= 11 is 0. The number of hydrogen-bond donors (Lipinski definition) is 7. The molecule has 296 valence electrons. The van der Waals surface area contributed by atoms with Crippen molar-refractivity contribution in [1.29, 1.82) is 0 Å². The summed E-state index contributed by atoms with van der Waals surface area (Å²) in [6.07, 6.45) is 15.3. The first-order valence-electron chi connectivity index (χ1n) is 20.3. The van der Waals surface area contributed by atoms with Crippen LogP contribution >= 0.6 is 0 Å². The van der Waals surface area contributed by atoms with E-state index in [1.165, 1.54) is 83.5 Å². The zero-order valence-corrected chi connectivity index (χ0v) is 31.5. The fourth-order valence-corrected chi connectivity index (χ4v) is 7.03. The maximum absolute atomic E-state index is 12.9. The van der Waals surface area contributed by atoms with Gasteiger partial charge in [-0.15, -0.1) is 0 Å². The summed E-state index contributed by atoms with van der Waals surface area (Å²) in [6.45, 7) is 5.42. The SMILES string of the molecule is CCCCCCCCCCCCCC[C@@H](O)[C@@H](O)[C@H](COC1OC(CO)C(O)C(O)C1O)NC(=O)CCCCCCCCCCC1(C)COC1. The van der Waals surface area contributed by atoms with Crippen molar-refractivity contribution in [3.8, 4) is 0 Å². The molecular formula is C39H75NO10. The van der Waals surface area contributed by atoms with Gasteiger partial charge in [0, 0.05) is 11.8 Å². The minimum absolute atomic E-state index is 0.266. The number of hydrogen-bond acceptors (Lipinski definition) is 10. The number of carbonyl (C=O) groups excluding carboxylic acids is 1. The van der Waals surface area contributed by atoms with Gasteiger partial charge in [0.2, 0.25) is 5.91 Å². The molecule has 0 aromatic rings. The van der Waals surface area contributed by atoms with Gasteiger partial charge in [-0.05, 0) is 19.3 Å². The maximum Gasteiger partial charge on any atom is 0.220 e. The van der Waals surface area contributed by atoms with E-state index in [0.29, 0.717) is 18.3 Å². The Morgan fingerprint density at radius 3 is 1.80 bits per heavy atom. The Morgan fingerprint density at radius 1 is 0.760 bits per heavy atom. The molecule has 50 heavy (non-hydrogen) atoms. The molecule has 2 aliphatic rings. The van der Waals surface area contributed by atoms with Crippen LogP contribution in [-0.4, -0.2) is 112 Å². The molecule has 0 aromatic carbocycles. The third-order valence-corrected chi connectivity index (χ3v) is 10.6. The highest BCUT2D eigenvalue weighted by molar-refractivity contribution is 5.76. The molecule has 2 heterocycles. The molecule has 8 atom stereocenters. The number of nitrogens with one attached hydrogen (secondary N) is 1. The molecule has 11 nitrogen and oxygen atoms in total. The molecule has 0 radical (unpaired) electrons. The van der Waals surface area contributed by atoms with Crippen molar-refractivity contribution in [2.75, 3.05) is 26.4 Å². The molecule has 0 saturated carbocycles. The van der Waals surface area contributed by atoms with Crippen LogP contribution in [0.5, 0.6) is 0 Å². The summed E-state index contributed by atoms with van der Waals surface area (Å²) in [5, 5.41) is 64.9. The van der Waals surface area contributed by atoms with E-state index >= 15 is 0 Å². The van der Waals surface area contributed by atoms with Gasteiger partial charge in [0.05, 0.1) is 38.6 Å². The van der Waals surface area contributed by atoms with Crippen LogP contribution in [-0.2, 0) is 19.0 Å². The molecule has 5 unspecified atom stereocenters. The van der Waals surface area contributed by atoms with Crippen LogP contribution < -0.4 is 5.32 Å². The van der Waals surface area contributed by atoms with Crippen LogP contribution in [0.25, 0.3) is 0 Å². The molecule has 11 heteroatoms. The van der Waals surface area contributed by atoms with Crippen molar-refractivity contribution in [2.45, 2.75) is 210 Å². The summed E-state index contributed by atoms with van der Waals surface area (Å²) in [4.78, 5) is 12.9. The lowest BCUT2D eigenvalue weighted by atomic mass is 9.83. The number of unbranched alkanes of at least 4 members (excludes halogenated alkanes) is 18. The molecule has 2 aliphatic heterocycles. The summed E-state index contributed by atoms with van der Waals surface area (Å²) < 4.78 is 16.4. The van der Waals surface area contributed by atoms with E-state index in [4.69, 9.17) is 14.2 Å². The normalized spacial score (nSPS) is 25.2. The van der Waals surface area contributed by atoms with E-state index in [-0.39, 0.29) is 18.9 Å². The van der Waals surface area contributed by atoms with Gasteiger partial charge in [0.15, 0.2) is 6.29 Å². The highest BCUT2D eigenvalue weighted by Gasteiger charge is 2.44. The molecule has 1 amide bonds. The van der Waals surface area contributed by atoms with Crippen LogP contribution in [0, 0.1) is 5.41 Å². The van der Waals surface area contributed by atoms with Gasteiger partial charge in [-0.25, -0.2) is 0 Å². The summed E-state index contributed by atoms with van der Waals surface area (Å²) in [7, 11) is 0. The fraction of sp³-hybridized carbons (Fsp3) is 0.974. The van der Waals surface area contributed by atoms with Crippen molar-refractivity contribution in [1.82, 2.24) is 5.32 Å². The molecule has 0 bridgehead atoms. The monoisotopic (exact) mass is 718 g/mol.